The normalized spacial score (nSPS) is 29.5. The first-order valence-corrected chi connectivity index (χ1v) is 6.80. The maximum Gasteiger partial charge on any atom is 0.251 e. The number of amides is 1. The molecule has 3 nitrogen and oxygen atoms in total. The number of rotatable bonds is 2. The molecule has 0 aliphatic heterocycles. The Kier molecular flexibility index (Phi) is 2.77. The number of hydrogen-bond donors (Lipinski definition) is 2. The molecule has 1 amide bonds. The summed E-state index contributed by atoms with van der Waals surface area (Å²) < 4.78 is 0. The van der Waals surface area contributed by atoms with Crippen molar-refractivity contribution in [2.45, 2.75) is 38.6 Å². The lowest BCUT2D eigenvalue weighted by molar-refractivity contribution is 0.0923. The number of carbonyl (C=O) groups is 1. The summed E-state index contributed by atoms with van der Waals surface area (Å²) >= 11 is 0. The van der Waals surface area contributed by atoms with E-state index in [0.717, 1.165) is 17.9 Å². The van der Waals surface area contributed by atoms with Gasteiger partial charge in [0.2, 0.25) is 0 Å². The Labute approximate surface area is 108 Å². The maximum atomic E-state index is 12.2. The van der Waals surface area contributed by atoms with Gasteiger partial charge in [-0.3, -0.25) is 4.79 Å². The molecule has 2 saturated carbocycles. The molecule has 96 valence electrons. The van der Waals surface area contributed by atoms with Crippen molar-refractivity contribution in [3.05, 3.63) is 29.3 Å². The Morgan fingerprint density at radius 2 is 2.11 bits per heavy atom. The first kappa shape index (κ1) is 11.6. The Bertz CT molecular complexity index is 463. The largest absolute Gasteiger partial charge is 0.399 e. The van der Waals surface area contributed by atoms with Crippen molar-refractivity contribution in [3.63, 3.8) is 0 Å². The second-order valence-electron chi connectivity index (χ2n) is 5.89. The third-order valence-corrected chi connectivity index (χ3v) is 4.42. The van der Waals surface area contributed by atoms with E-state index in [1.807, 2.05) is 19.1 Å². The first-order chi connectivity index (χ1) is 8.61. The fourth-order valence-electron chi connectivity index (χ4n) is 3.62. The molecule has 3 heteroatoms. The predicted octanol–water partition coefficient (Wildman–Crippen LogP) is 2.50. The van der Waals surface area contributed by atoms with Crippen molar-refractivity contribution in [1.82, 2.24) is 5.32 Å². The van der Waals surface area contributed by atoms with Gasteiger partial charge in [-0.15, -0.1) is 0 Å². The molecule has 0 aromatic heterocycles. The van der Waals surface area contributed by atoms with Crippen LogP contribution in [0.5, 0.6) is 0 Å². The Hall–Kier alpha value is -1.51. The highest BCUT2D eigenvalue weighted by atomic mass is 16.1. The second-order valence-corrected chi connectivity index (χ2v) is 5.89. The van der Waals surface area contributed by atoms with Gasteiger partial charge in [0, 0.05) is 17.3 Å². The molecule has 18 heavy (non-hydrogen) atoms. The van der Waals surface area contributed by atoms with Crippen LogP contribution < -0.4 is 11.1 Å². The maximum absolute atomic E-state index is 12.2. The quantitative estimate of drug-likeness (QED) is 0.785. The minimum atomic E-state index is 0.0305. The number of aryl methyl sites for hydroxylation is 1. The van der Waals surface area contributed by atoms with Gasteiger partial charge in [-0.25, -0.2) is 0 Å². The second kappa shape index (κ2) is 4.30. The van der Waals surface area contributed by atoms with Gasteiger partial charge in [0.15, 0.2) is 0 Å². The van der Waals surface area contributed by atoms with Gasteiger partial charge in [0.25, 0.3) is 5.91 Å². The van der Waals surface area contributed by atoms with E-state index in [0.29, 0.717) is 23.2 Å². The minimum Gasteiger partial charge on any atom is -0.399 e. The number of nitrogens with one attached hydrogen (secondary N) is 1. The van der Waals surface area contributed by atoms with Crippen LogP contribution in [0, 0.1) is 18.8 Å². The van der Waals surface area contributed by atoms with E-state index in [1.165, 1.54) is 19.3 Å². The summed E-state index contributed by atoms with van der Waals surface area (Å²) in [6, 6.07) is 5.93. The smallest absolute Gasteiger partial charge is 0.251 e. The van der Waals surface area contributed by atoms with Crippen LogP contribution in [0.1, 0.15) is 41.6 Å². The summed E-state index contributed by atoms with van der Waals surface area (Å²) in [6.07, 6.45) is 5.11. The Balaban J connectivity index is 1.71. The van der Waals surface area contributed by atoms with Gasteiger partial charge in [-0.1, -0.05) is 6.42 Å². The molecule has 3 atom stereocenters. The molecule has 0 spiro atoms. The molecule has 2 aliphatic rings. The highest BCUT2D eigenvalue weighted by Gasteiger charge is 2.40. The van der Waals surface area contributed by atoms with Crippen LogP contribution in [0.4, 0.5) is 5.69 Å². The average Bonchev–Trinajstić information content (AvgIpc) is 2.89. The average molecular weight is 244 g/mol. The van der Waals surface area contributed by atoms with E-state index < -0.39 is 0 Å². The number of hydrogen-bond acceptors (Lipinski definition) is 2. The lowest BCUT2D eigenvalue weighted by Crippen LogP contribution is -2.38. The summed E-state index contributed by atoms with van der Waals surface area (Å²) in [5.41, 5.74) is 8.17. The summed E-state index contributed by atoms with van der Waals surface area (Å²) in [5, 5.41) is 3.19. The number of benzene rings is 1. The standard InChI is InChI=1S/C15H20N2O/c1-9-4-12(8-13(16)5-9)15(18)17-14-7-10-2-3-11(14)6-10/h4-5,8,10-11,14H,2-3,6-7,16H2,1H3,(H,17,18). The van der Waals surface area contributed by atoms with Crippen LogP contribution in [0.15, 0.2) is 18.2 Å². The molecule has 3 N–H and O–H groups in total. The molecule has 2 bridgehead atoms. The topological polar surface area (TPSA) is 55.1 Å². The fourth-order valence-corrected chi connectivity index (χ4v) is 3.62. The van der Waals surface area contributed by atoms with Crippen molar-refractivity contribution in [2.75, 3.05) is 5.73 Å². The molecular weight excluding hydrogens is 224 g/mol. The van der Waals surface area contributed by atoms with Crippen molar-refractivity contribution in [1.29, 1.82) is 0 Å². The van der Waals surface area contributed by atoms with Gasteiger partial charge >= 0.3 is 0 Å². The zero-order valence-corrected chi connectivity index (χ0v) is 10.8. The highest BCUT2D eigenvalue weighted by Crippen LogP contribution is 2.44. The van der Waals surface area contributed by atoms with Crippen LogP contribution in [0.3, 0.4) is 0 Å². The van der Waals surface area contributed by atoms with E-state index in [4.69, 9.17) is 5.73 Å². The monoisotopic (exact) mass is 244 g/mol. The third-order valence-electron chi connectivity index (χ3n) is 4.42. The molecule has 2 aliphatic carbocycles. The molecule has 2 fully saturated rings. The van der Waals surface area contributed by atoms with Gasteiger partial charge in [-0.2, -0.15) is 0 Å². The van der Waals surface area contributed by atoms with Crippen LogP contribution in [0.2, 0.25) is 0 Å². The molecular formula is C15H20N2O. The molecule has 1 aromatic carbocycles. The van der Waals surface area contributed by atoms with Crippen LogP contribution in [-0.2, 0) is 0 Å². The lowest BCUT2D eigenvalue weighted by Gasteiger charge is -2.23. The van der Waals surface area contributed by atoms with Crippen LogP contribution in [-0.4, -0.2) is 11.9 Å². The molecule has 3 rings (SSSR count). The van der Waals surface area contributed by atoms with Crippen molar-refractivity contribution in [3.8, 4) is 0 Å². The van der Waals surface area contributed by atoms with Gasteiger partial charge in [0.1, 0.15) is 0 Å². The number of carbonyl (C=O) groups excluding carboxylic acids is 1. The molecule has 1 aromatic rings. The zero-order valence-electron chi connectivity index (χ0n) is 10.8. The highest BCUT2D eigenvalue weighted by molar-refractivity contribution is 5.95. The number of anilines is 1. The third kappa shape index (κ3) is 2.09. The van der Waals surface area contributed by atoms with E-state index in [1.54, 1.807) is 6.07 Å². The number of fused-ring (bicyclic) bond motifs is 2. The lowest BCUT2D eigenvalue weighted by atomic mass is 9.95. The van der Waals surface area contributed by atoms with E-state index in [2.05, 4.69) is 5.32 Å². The van der Waals surface area contributed by atoms with Gasteiger partial charge in [0.05, 0.1) is 0 Å². The summed E-state index contributed by atoms with van der Waals surface area (Å²) in [6.45, 7) is 1.96. The van der Waals surface area contributed by atoms with Crippen LogP contribution in [0.25, 0.3) is 0 Å². The van der Waals surface area contributed by atoms with Gasteiger partial charge < -0.3 is 11.1 Å². The molecule has 3 unspecified atom stereocenters. The van der Waals surface area contributed by atoms with Crippen LogP contribution >= 0.6 is 0 Å². The summed E-state index contributed by atoms with van der Waals surface area (Å²) in [4.78, 5) is 12.2. The van der Waals surface area contributed by atoms with Crippen molar-refractivity contribution < 1.29 is 4.79 Å². The molecule has 0 saturated heterocycles. The van der Waals surface area contributed by atoms with Crippen molar-refractivity contribution >= 4 is 11.6 Å². The Morgan fingerprint density at radius 3 is 2.72 bits per heavy atom. The summed E-state index contributed by atoms with van der Waals surface area (Å²) in [7, 11) is 0. The number of nitrogens with two attached hydrogens (primary N) is 1. The number of nitrogen functional groups attached to an aromatic ring is 1. The Morgan fingerprint density at radius 1 is 1.28 bits per heavy atom. The van der Waals surface area contributed by atoms with E-state index in [9.17, 15) is 4.79 Å². The zero-order chi connectivity index (χ0) is 12.7. The molecule has 0 radical (unpaired) electrons. The minimum absolute atomic E-state index is 0.0305. The van der Waals surface area contributed by atoms with E-state index in [-0.39, 0.29) is 5.91 Å². The fraction of sp³-hybridized carbons (Fsp3) is 0.533. The van der Waals surface area contributed by atoms with E-state index >= 15 is 0 Å². The predicted molar refractivity (Wildman–Crippen MR) is 72.3 cm³/mol. The van der Waals surface area contributed by atoms with Gasteiger partial charge in [-0.05, 0) is 61.8 Å². The molecule has 0 heterocycles. The summed E-state index contributed by atoms with van der Waals surface area (Å²) in [5.74, 6) is 1.59. The first-order valence-electron chi connectivity index (χ1n) is 6.80. The van der Waals surface area contributed by atoms with Crippen molar-refractivity contribution in [2.24, 2.45) is 11.8 Å². The SMILES string of the molecule is Cc1cc(N)cc(C(=O)NC2CC3CCC2C3)c1.